The smallest absolute Gasteiger partial charge is 0.121 e. The van der Waals surface area contributed by atoms with E-state index in [4.69, 9.17) is 4.74 Å². The van der Waals surface area contributed by atoms with Crippen molar-refractivity contribution in [3.05, 3.63) is 59.2 Å². The molecule has 0 amide bonds. The van der Waals surface area contributed by atoms with E-state index in [0.29, 0.717) is 12.4 Å². The lowest BCUT2D eigenvalue weighted by atomic mass is 10.0. The number of hydrogen-bond donors (Lipinski definition) is 1. The van der Waals surface area contributed by atoms with E-state index in [1.165, 1.54) is 12.8 Å². The molecule has 0 saturated heterocycles. The van der Waals surface area contributed by atoms with Gasteiger partial charge in [0.1, 0.15) is 18.1 Å². The molecule has 0 unspecified atom stereocenters. The Morgan fingerprint density at radius 1 is 1.05 bits per heavy atom. The summed E-state index contributed by atoms with van der Waals surface area (Å²) in [7, 11) is 0. The summed E-state index contributed by atoms with van der Waals surface area (Å²) in [6.07, 6.45) is 4.38. The van der Waals surface area contributed by atoms with Gasteiger partial charge >= 0.3 is 0 Å². The molecule has 0 atom stereocenters. The lowest BCUT2D eigenvalue weighted by Crippen LogP contribution is -1.97. The standard InChI is InChI=1S/C19H24O2/c1-3-4-6-11-17-13-18(12-15(2)19(17)20)21-14-16-9-7-5-8-10-16/h5,7-10,12-13,20H,3-4,6,11,14H2,1-2H3. The van der Waals surface area contributed by atoms with Crippen molar-refractivity contribution >= 4 is 0 Å². The number of benzene rings is 2. The van der Waals surface area contributed by atoms with Crippen LogP contribution in [0, 0.1) is 6.92 Å². The summed E-state index contributed by atoms with van der Waals surface area (Å²) < 4.78 is 5.86. The number of unbranched alkanes of at least 4 members (excludes halogenated alkanes) is 2. The topological polar surface area (TPSA) is 29.5 Å². The highest BCUT2D eigenvalue weighted by atomic mass is 16.5. The molecule has 1 N–H and O–H groups in total. The van der Waals surface area contributed by atoms with E-state index in [0.717, 1.165) is 35.3 Å². The summed E-state index contributed by atoms with van der Waals surface area (Å²) >= 11 is 0. The first-order chi connectivity index (χ1) is 10.2. The summed E-state index contributed by atoms with van der Waals surface area (Å²) in [5.41, 5.74) is 3.02. The predicted octanol–water partition coefficient (Wildman–Crippen LogP) is 5.01. The van der Waals surface area contributed by atoms with E-state index in [1.807, 2.05) is 37.3 Å². The van der Waals surface area contributed by atoms with Crippen molar-refractivity contribution in [2.24, 2.45) is 0 Å². The Kier molecular flexibility index (Phi) is 5.68. The number of phenols is 1. The number of phenolic OH excluding ortho intramolecular Hbond substituents is 1. The van der Waals surface area contributed by atoms with E-state index < -0.39 is 0 Å². The fourth-order valence-corrected chi connectivity index (χ4v) is 2.40. The van der Waals surface area contributed by atoms with Crippen LogP contribution in [0.3, 0.4) is 0 Å². The average Bonchev–Trinajstić information content (AvgIpc) is 2.51. The van der Waals surface area contributed by atoms with Crippen LogP contribution >= 0.6 is 0 Å². The van der Waals surface area contributed by atoms with Crippen LogP contribution in [0.1, 0.15) is 42.9 Å². The SMILES string of the molecule is CCCCCc1cc(OCc2ccccc2)cc(C)c1O. The molecule has 2 aromatic carbocycles. The Bertz CT molecular complexity index is 561. The number of aryl methyl sites for hydroxylation is 2. The summed E-state index contributed by atoms with van der Waals surface area (Å²) in [5, 5.41) is 10.2. The molecular formula is C19H24O2. The first-order valence-corrected chi connectivity index (χ1v) is 7.70. The second-order valence-corrected chi connectivity index (χ2v) is 5.48. The van der Waals surface area contributed by atoms with Gasteiger partial charge in [-0.15, -0.1) is 0 Å². The van der Waals surface area contributed by atoms with Gasteiger partial charge in [-0.1, -0.05) is 50.1 Å². The molecule has 0 radical (unpaired) electrons. The third-order valence-electron chi connectivity index (χ3n) is 3.65. The molecule has 2 rings (SSSR count). The van der Waals surface area contributed by atoms with Crippen LogP contribution < -0.4 is 4.74 Å². The fraction of sp³-hybridized carbons (Fsp3) is 0.368. The van der Waals surface area contributed by atoms with Gasteiger partial charge in [0.25, 0.3) is 0 Å². The zero-order valence-corrected chi connectivity index (χ0v) is 12.9. The van der Waals surface area contributed by atoms with E-state index in [-0.39, 0.29) is 0 Å². The average molecular weight is 284 g/mol. The Labute approximate surface area is 127 Å². The molecule has 2 aromatic rings. The maximum absolute atomic E-state index is 10.2. The van der Waals surface area contributed by atoms with Crippen molar-refractivity contribution in [2.75, 3.05) is 0 Å². The molecule has 2 nitrogen and oxygen atoms in total. The van der Waals surface area contributed by atoms with Crippen LogP contribution in [0.15, 0.2) is 42.5 Å². The highest BCUT2D eigenvalue weighted by molar-refractivity contribution is 5.45. The highest BCUT2D eigenvalue weighted by Crippen LogP contribution is 2.29. The van der Waals surface area contributed by atoms with Gasteiger partial charge in [0, 0.05) is 0 Å². The Morgan fingerprint density at radius 2 is 1.81 bits per heavy atom. The molecule has 21 heavy (non-hydrogen) atoms. The number of rotatable bonds is 7. The Hall–Kier alpha value is -1.96. The van der Waals surface area contributed by atoms with Crippen molar-refractivity contribution in [1.82, 2.24) is 0 Å². The lowest BCUT2D eigenvalue weighted by molar-refractivity contribution is 0.305. The summed E-state index contributed by atoms with van der Waals surface area (Å²) in [5.74, 6) is 1.25. The van der Waals surface area contributed by atoms with E-state index in [2.05, 4.69) is 19.1 Å². The largest absolute Gasteiger partial charge is 0.507 e. The Morgan fingerprint density at radius 3 is 2.52 bits per heavy atom. The normalized spacial score (nSPS) is 10.6. The van der Waals surface area contributed by atoms with Crippen molar-refractivity contribution in [1.29, 1.82) is 0 Å². The first kappa shape index (κ1) is 15.4. The third-order valence-corrected chi connectivity index (χ3v) is 3.65. The quantitative estimate of drug-likeness (QED) is 0.724. The first-order valence-electron chi connectivity index (χ1n) is 7.70. The van der Waals surface area contributed by atoms with Crippen LogP contribution in [0.25, 0.3) is 0 Å². The molecular weight excluding hydrogens is 260 g/mol. The van der Waals surface area contributed by atoms with Gasteiger partial charge in [-0.2, -0.15) is 0 Å². The maximum atomic E-state index is 10.2. The molecule has 0 aliphatic carbocycles. The minimum atomic E-state index is 0.415. The van der Waals surface area contributed by atoms with Crippen molar-refractivity contribution in [3.8, 4) is 11.5 Å². The molecule has 0 aliphatic heterocycles. The zero-order chi connectivity index (χ0) is 15.1. The number of hydrogen-bond acceptors (Lipinski definition) is 2. The number of ether oxygens (including phenoxy) is 1. The molecule has 0 heterocycles. The number of aromatic hydroxyl groups is 1. The second-order valence-electron chi connectivity index (χ2n) is 5.48. The lowest BCUT2D eigenvalue weighted by Gasteiger charge is -2.12. The fourth-order valence-electron chi connectivity index (χ4n) is 2.40. The molecule has 0 saturated carbocycles. The third kappa shape index (κ3) is 4.52. The van der Waals surface area contributed by atoms with Gasteiger partial charge in [0.05, 0.1) is 0 Å². The molecule has 0 aromatic heterocycles. The van der Waals surface area contributed by atoms with Crippen molar-refractivity contribution in [3.63, 3.8) is 0 Å². The van der Waals surface area contributed by atoms with Crippen LogP contribution in [0.5, 0.6) is 11.5 Å². The van der Waals surface area contributed by atoms with Crippen LogP contribution in [-0.2, 0) is 13.0 Å². The predicted molar refractivity (Wildman–Crippen MR) is 86.8 cm³/mol. The molecule has 112 valence electrons. The zero-order valence-electron chi connectivity index (χ0n) is 12.9. The van der Waals surface area contributed by atoms with Gasteiger partial charge in [-0.25, -0.2) is 0 Å². The molecule has 0 aliphatic rings. The van der Waals surface area contributed by atoms with Crippen LogP contribution in [0.4, 0.5) is 0 Å². The van der Waals surface area contributed by atoms with Crippen LogP contribution in [0.2, 0.25) is 0 Å². The molecule has 0 bridgehead atoms. The maximum Gasteiger partial charge on any atom is 0.121 e. The summed E-state index contributed by atoms with van der Waals surface area (Å²) in [4.78, 5) is 0. The van der Waals surface area contributed by atoms with Crippen molar-refractivity contribution in [2.45, 2.75) is 46.1 Å². The molecule has 0 spiro atoms. The monoisotopic (exact) mass is 284 g/mol. The van der Waals surface area contributed by atoms with E-state index in [1.54, 1.807) is 0 Å². The van der Waals surface area contributed by atoms with Crippen molar-refractivity contribution < 1.29 is 9.84 Å². The van der Waals surface area contributed by atoms with E-state index in [9.17, 15) is 5.11 Å². The second kappa shape index (κ2) is 7.72. The van der Waals surface area contributed by atoms with E-state index >= 15 is 0 Å². The minimum Gasteiger partial charge on any atom is -0.507 e. The van der Waals surface area contributed by atoms with Gasteiger partial charge in [-0.3, -0.25) is 0 Å². The highest BCUT2D eigenvalue weighted by Gasteiger charge is 2.08. The molecule has 0 fully saturated rings. The summed E-state index contributed by atoms with van der Waals surface area (Å²) in [6, 6.07) is 14.0. The van der Waals surface area contributed by atoms with Gasteiger partial charge in [0.2, 0.25) is 0 Å². The van der Waals surface area contributed by atoms with Gasteiger partial charge < -0.3 is 9.84 Å². The summed E-state index contributed by atoms with van der Waals surface area (Å²) in [6.45, 7) is 4.66. The van der Waals surface area contributed by atoms with Gasteiger partial charge in [0.15, 0.2) is 0 Å². The van der Waals surface area contributed by atoms with Crippen LogP contribution in [-0.4, -0.2) is 5.11 Å². The Balaban J connectivity index is 2.05. The minimum absolute atomic E-state index is 0.415. The molecule has 2 heteroatoms. The van der Waals surface area contributed by atoms with Gasteiger partial charge in [-0.05, 0) is 48.6 Å².